The number of anilines is 1. The van der Waals surface area contributed by atoms with E-state index in [0.29, 0.717) is 11.4 Å². The van der Waals surface area contributed by atoms with Crippen LogP contribution in [-0.2, 0) is 14.8 Å². The maximum Gasteiger partial charge on any atom is 0.263 e. The number of sulfonamides is 1. The van der Waals surface area contributed by atoms with Crippen molar-refractivity contribution in [1.29, 1.82) is 0 Å². The molecule has 1 aromatic heterocycles. The Hall–Kier alpha value is -2.74. The molecule has 1 aliphatic heterocycles. The molecule has 0 bridgehead atoms. The van der Waals surface area contributed by atoms with Crippen LogP contribution >= 0.6 is 0 Å². The van der Waals surface area contributed by atoms with Gasteiger partial charge in [0.1, 0.15) is 11.7 Å². The van der Waals surface area contributed by atoms with Crippen molar-refractivity contribution in [2.24, 2.45) is 4.99 Å². The molecule has 8 heteroatoms. The highest BCUT2D eigenvalue weighted by Crippen LogP contribution is 2.22. The number of fused-ring (bicyclic) bond motifs is 1. The molecule has 0 atom stereocenters. The number of amidine groups is 1. The normalized spacial score (nSPS) is 16.5. The van der Waals surface area contributed by atoms with E-state index in [9.17, 15) is 13.2 Å². The van der Waals surface area contributed by atoms with E-state index in [1.54, 1.807) is 30.5 Å². The van der Waals surface area contributed by atoms with Gasteiger partial charge in [-0.25, -0.2) is 13.4 Å². The molecule has 3 rings (SSSR count). The van der Waals surface area contributed by atoms with Crippen LogP contribution in [0.1, 0.15) is 17.5 Å². The van der Waals surface area contributed by atoms with E-state index in [1.807, 2.05) is 13.0 Å². The zero-order valence-corrected chi connectivity index (χ0v) is 13.8. The zero-order chi connectivity index (χ0) is 17.2. The summed E-state index contributed by atoms with van der Waals surface area (Å²) in [4.78, 5) is 20.5. The largest absolute Gasteiger partial charge is 0.310 e. The Morgan fingerprint density at radius 2 is 2.04 bits per heavy atom. The number of hydrogen-bond acceptors (Lipinski definition) is 5. The molecule has 24 heavy (non-hydrogen) atoms. The molecule has 1 amide bonds. The first kappa shape index (κ1) is 16.1. The molecule has 1 aliphatic rings. The highest BCUT2D eigenvalue weighted by atomic mass is 32.2. The minimum atomic E-state index is -3.55. The third-order valence-electron chi connectivity index (χ3n) is 3.54. The van der Waals surface area contributed by atoms with Crippen molar-refractivity contribution in [3.63, 3.8) is 0 Å². The van der Waals surface area contributed by atoms with Crippen LogP contribution in [0.5, 0.6) is 0 Å². The van der Waals surface area contributed by atoms with Crippen LogP contribution in [0.3, 0.4) is 0 Å². The lowest BCUT2D eigenvalue weighted by atomic mass is 10.2. The second kappa shape index (κ2) is 6.40. The molecule has 0 saturated heterocycles. The molecule has 0 aliphatic carbocycles. The molecule has 124 valence electrons. The Morgan fingerprint density at radius 3 is 2.83 bits per heavy atom. The minimum absolute atomic E-state index is 0.128. The number of aromatic nitrogens is 1. The number of amides is 1. The molecular formula is C16H16N4O3S. The number of carbonyl (C=O) groups excluding carboxylic acids is 1. The van der Waals surface area contributed by atoms with E-state index in [4.69, 9.17) is 0 Å². The molecule has 0 unspecified atom stereocenters. The predicted molar refractivity (Wildman–Crippen MR) is 90.4 cm³/mol. The second-order valence-electron chi connectivity index (χ2n) is 5.30. The standard InChI is InChI=1S/C16H16N4O3S/c1-11-5-4-9-17-15(11)19-14(21)8-10-18-16-12-6-2-3-7-13(12)24(22,23)20-16/h2-7,9H,8,10H2,1H3,(H,18,20)(H,17,19,21). The molecule has 0 fully saturated rings. The first-order chi connectivity index (χ1) is 11.5. The quantitative estimate of drug-likeness (QED) is 0.877. The van der Waals surface area contributed by atoms with Gasteiger partial charge in [-0.2, -0.15) is 0 Å². The van der Waals surface area contributed by atoms with Crippen LogP contribution in [0, 0.1) is 6.92 Å². The van der Waals surface area contributed by atoms with E-state index < -0.39 is 10.0 Å². The van der Waals surface area contributed by atoms with Crippen molar-refractivity contribution < 1.29 is 13.2 Å². The molecule has 7 nitrogen and oxygen atoms in total. The van der Waals surface area contributed by atoms with Gasteiger partial charge < -0.3 is 5.32 Å². The average molecular weight is 344 g/mol. The molecule has 2 heterocycles. The van der Waals surface area contributed by atoms with Gasteiger partial charge in [-0.05, 0) is 30.7 Å². The molecule has 2 N–H and O–H groups in total. The molecule has 2 aromatic rings. The number of aryl methyl sites for hydroxylation is 1. The van der Waals surface area contributed by atoms with Crippen molar-refractivity contribution in [1.82, 2.24) is 9.71 Å². The summed E-state index contributed by atoms with van der Waals surface area (Å²) < 4.78 is 26.3. The summed E-state index contributed by atoms with van der Waals surface area (Å²) in [5, 5.41) is 2.71. The fraction of sp³-hybridized carbons (Fsp3) is 0.188. The number of benzene rings is 1. The smallest absolute Gasteiger partial charge is 0.263 e. The van der Waals surface area contributed by atoms with Crippen molar-refractivity contribution in [2.75, 3.05) is 11.9 Å². The highest BCUT2D eigenvalue weighted by Gasteiger charge is 2.29. The van der Waals surface area contributed by atoms with Crippen LogP contribution in [0.2, 0.25) is 0 Å². The number of nitrogens with one attached hydrogen (secondary N) is 2. The monoisotopic (exact) mass is 344 g/mol. The maximum absolute atomic E-state index is 12.0. The molecule has 0 saturated carbocycles. The first-order valence-electron chi connectivity index (χ1n) is 7.35. The van der Waals surface area contributed by atoms with Gasteiger partial charge in [0.25, 0.3) is 10.0 Å². The van der Waals surface area contributed by atoms with Gasteiger partial charge >= 0.3 is 0 Å². The van der Waals surface area contributed by atoms with Gasteiger partial charge in [0.2, 0.25) is 5.91 Å². The van der Waals surface area contributed by atoms with Gasteiger partial charge in [-0.3, -0.25) is 14.5 Å². The Kier molecular flexibility index (Phi) is 4.30. The zero-order valence-electron chi connectivity index (χ0n) is 13.0. The number of rotatable bonds is 4. The van der Waals surface area contributed by atoms with Crippen molar-refractivity contribution >= 4 is 27.6 Å². The van der Waals surface area contributed by atoms with E-state index in [0.717, 1.165) is 5.56 Å². The molecule has 1 aromatic carbocycles. The first-order valence-corrected chi connectivity index (χ1v) is 8.84. The van der Waals surface area contributed by atoms with E-state index in [1.165, 1.54) is 6.07 Å². The predicted octanol–water partition coefficient (Wildman–Crippen LogP) is 1.46. The van der Waals surface area contributed by atoms with Gasteiger partial charge in [0, 0.05) is 18.2 Å². The lowest BCUT2D eigenvalue weighted by Crippen LogP contribution is -2.23. The maximum atomic E-state index is 12.0. The lowest BCUT2D eigenvalue weighted by Gasteiger charge is -2.06. The summed E-state index contributed by atoms with van der Waals surface area (Å²) in [7, 11) is -3.55. The molecule has 0 radical (unpaired) electrons. The third-order valence-corrected chi connectivity index (χ3v) is 4.94. The number of hydrogen-bond donors (Lipinski definition) is 2. The van der Waals surface area contributed by atoms with Crippen LogP contribution in [0.15, 0.2) is 52.5 Å². The van der Waals surface area contributed by atoms with Crippen LogP contribution in [-0.4, -0.2) is 31.7 Å². The van der Waals surface area contributed by atoms with Crippen molar-refractivity contribution in [3.05, 3.63) is 53.7 Å². The van der Waals surface area contributed by atoms with Gasteiger partial charge in [-0.1, -0.05) is 18.2 Å². The highest BCUT2D eigenvalue weighted by molar-refractivity contribution is 7.90. The summed E-state index contributed by atoms with van der Waals surface area (Å²) in [6, 6.07) is 10.3. The summed E-state index contributed by atoms with van der Waals surface area (Å²) >= 11 is 0. The number of pyridine rings is 1. The van der Waals surface area contributed by atoms with Crippen LogP contribution < -0.4 is 10.0 Å². The van der Waals surface area contributed by atoms with Crippen molar-refractivity contribution in [2.45, 2.75) is 18.2 Å². The summed E-state index contributed by atoms with van der Waals surface area (Å²) in [6.07, 6.45) is 1.73. The summed E-state index contributed by atoms with van der Waals surface area (Å²) in [6.45, 7) is 2.02. The van der Waals surface area contributed by atoms with Crippen LogP contribution in [0.4, 0.5) is 5.82 Å². The second-order valence-corrected chi connectivity index (χ2v) is 6.95. The van der Waals surface area contributed by atoms with Gasteiger partial charge in [-0.15, -0.1) is 0 Å². The third kappa shape index (κ3) is 3.28. The fourth-order valence-corrected chi connectivity index (χ4v) is 3.58. The Bertz CT molecular complexity index is 922. The average Bonchev–Trinajstić information content (AvgIpc) is 2.81. The van der Waals surface area contributed by atoms with Gasteiger partial charge in [0.15, 0.2) is 0 Å². The molecule has 0 spiro atoms. The number of nitrogens with zero attached hydrogens (tertiary/aromatic N) is 2. The minimum Gasteiger partial charge on any atom is -0.310 e. The fourth-order valence-electron chi connectivity index (χ4n) is 2.33. The molecular weight excluding hydrogens is 328 g/mol. The van der Waals surface area contributed by atoms with Crippen LogP contribution in [0.25, 0.3) is 0 Å². The van der Waals surface area contributed by atoms with E-state index >= 15 is 0 Å². The van der Waals surface area contributed by atoms with Crippen molar-refractivity contribution in [3.8, 4) is 0 Å². The Morgan fingerprint density at radius 1 is 1.25 bits per heavy atom. The topological polar surface area (TPSA) is 101 Å². The van der Waals surface area contributed by atoms with E-state index in [2.05, 4.69) is 20.0 Å². The lowest BCUT2D eigenvalue weighted by molar-refractivity contribution is -0.116. The summed E-state index contributed by atoms with van der Waals surface area (Å²) in [5.74, 6) is 0.560. The SMILES string of the molecule is Cc1cccnc1NC(=O)CCN=C1NS(=O)(=O)c2ccccc21. The summed E-state index contributed by atoms with van der Waals surface area (Å²) in [5.41, 5.74) is 1.40. The number of carbonyl (C=O) groups is 1. The Labute approximate surface area is 139 Å². The Balaban J connectivity index is 1.65. The van der Waals surface area contributed by atoms with Gasteiger partial charge in [0.05, 0.1) is 11.4 Å². The number of aliphatic imine (C=N–C) groups is 1. The van der Waals surface area contributed by atoms with E-state index in [-0.39, 0.29) is 29.6 Å².